The molecule has 9 heteroatoms. The van der Waals surface area contributed by atoms with Crippen LogP contribution in [-0.2, 0) is 26.2 Å². The highest BCUT2D eigenvalue weighted by molar-refractivity contribution is 7.92. The Labute approximate surface area is 214 Å². The lowest BCUT2D eigenvalue weighted by molar-refractivity contribution is -0.141. The van der Waals surface area contributed by atoms with Crippen molar-refractivity contribution in [1.82, 2.24) is 10.2 Å². The third kappa shape index (κ3) is 8.85. The van der Waals surface area contributed by atoms with Gasteiger partial charge in [-0.2, -0.15) is 0 Å². The van der Waals surface area contributed by atoms with E-state index in [1.807, 2.05) is 45.0 Å². The first-order valence-electron chi connectivity index (χ1n) is 11.9. The number of aryl methyl sites for hydroxylation is 1. The van der Waals surface area contributed by atoms with Crippen molar-refractivity contribution in [1.29, 1.82) is 0 Å². The zero-order valence-electron chi connectivity index (χ0n) is 21.0. The number of sulfonamides is 1. The summed E-state index contributed by atoms with van der Waals surface area (Å²) in [6.07, 6.45) is 2.85. The standard InChI is InChI=1S/C26H36ClN3O4S/c1-5-16-28-26(32)24(6-2)29(19-21-10-7-9-20(3)18-21)25(31)11-8-17-30(35(4,33)34)23-14-12-22(27)13-15-23/h7,9-10,12-15,18,24H,5-6,8,11,16-17,19H2,1-4H3,(H,28,32). The molecule has 192 valence electrons. The van der Waals surface area contributed by atoms with Crippen molar-refractivity contribution < 1.29 is 18.0 Å². The highest BCUT2D eigenvalue weighted by atomic mass is 35.5. The second kappa shape index (κ2) is 13.5. The van der Waals surface area contributed by atoms with E-state index in [-0.39, 0.29) is 24.8 Å². The average molecular weight is 522 g/mol. The number of benzene rings is 2. The van der Waals surface area contributed by atoms with Gasteiger partial charge in [-0.1, -0.05) is 55.3 Å². The molecule has 0 aromatic heterocycles. The minimum absolute atomic E-state index is 0.114. The Bertz CT molecular complexity index is 1090. The van der Waals surface area contributed by atoms with Gasteiger partial charge in [-0.3, -0.25) is 13.9 Å². The summed E-state index contributed by atoms with van der Waals surface area (Å²) < 4.78 is 26.0. The van der Waals surface area contributed by atoms with Crippen LogP contribution in [0.5, 0.6) is 0 Å². The van der Waals surface area contributed by atoms with Crippen molar-refractivity contribution in [3.05, 3.63) is 64.7 Å². The Balaban J connectivity index is 2.19. The topological polar surface area (TPSA) is 86.8 Å². The van der Waals surface area contributed by atoms with E-state index in [2.05, 4.69) is 5.32 Å². The third-order valence-corrected chi connectivity index (χ3v) is 7.08. The van der Waals surface area contributed by atoms with Gasteiger partial charge in [0.1, 0.15) is 6.04 Å². The fourth-order valence-electron chi connectivity index (χ4n) is 3.90. The second-order valence-corrected chi connectivity index (χ2v) is 11.0. The number of hydrogen-bond donors (Lipinski definition) is 1. The van der Waals surface area contributed by atoms with E-state index in [1.54, 1.807) is 29.2 Å². The molecule has 2 aromatic carbocycles. The van der Waals surface area contributed by atoms with Gasteiger partial charge in [0, 0.05) is 31.1 Å². The lowest BCUT2D eigenvalue weighted by Gasteiger charge is -2.31. The molecule has 0 fully saturated rings. The average Bonchev–Trinajstić information content (AvgIpc) is 2.80. The Morgan fingerprint density at radius 3 is 2.34 bits per heavy atom. The highest BCUT2D eigenvalue weighted by Gasteiger charge is 2.28. The molecule has 0 bridgehead atoms. The highest BCUT2D eigenvalue weighted by Crippen LogP contribution is 2.22. The Kier molecular flexibility index (Phi) is 11.0. The Morgan fingerprint density at radius 2 is 1.77 bits per heavy atom. The number of amides is 2. The first kappa shape index (κ1) is 28.7. The summed E-state index contributed by atoms with van der Waals surface area (Å²) in [5.41, 5.74) is 2.51. The largest absolute Gasteiger partial charge is 0.354 e. The summed E-state index contributed by atoms with van der Waals surface area (Å²) in [6.45, 7) is 6.85. The smallest absolute Gasteiger partial charge is 0.242 e. The van der Waals surface area contributed by atoms with Crippen LogP contribution < -0.4 is 9.62 Å². The Morgan fingerprint density at radius 1 is 1.09 bits per heavy atom. The molecule has 1 atom stereocenters. The van der Waals surface area contributed by atoms with E-state index < -0.39 is 16.1 Å². The molecule has 2 amide bonds. The molecule has 0 aliphatic carbocycles. The number of hydrogen-bond acceptors (Lipinski definition) is 4. The van der Waals surface area contributed by atoms with Gasteiger partial charge in [0.2, 0.25) is 21.8 Å². The van der Waals surface area contributed by atoms with Crippen LogP contribution in [0.2, 0.25) is 5.02 Å². The molecule has 7 nitrogen and oxygen atoms in total. The van der Waals surface area contributed by atoms with Crippen molar-refractivity contribution in [2.75, 3.05) is 23.7 Å². The molecule has 0 radical (unpaired) electrons. The van der Waals surface area contributed by atoms with Crippen molar-refractivity contribution in [3.63, 3.8) is 0 Å². The van der Waals surface area contributed by atoms with Crippen molar-refractivity contribution in [2.45, 2.75) is 59.0 Å². The number of anilines is 1. The van der Waals surface area contributed by atoms with Crippen LogP contribution in [0.1, 0.15) is 50.7 Å². The van der Waals surface area contributed by atoms with Crippen LogP contribution in [-0.4, -0.2) is 50.5 Å². The van der Waals surface area contributed by atoms with Gasteiger partial charge in [-0.05, 0) is 56.0 Å². The van der Waals surface area contributed by atoms with Crippen LogP contribution in [0.4, 0.5) is 5.69 Å². The number of nitrogens with zero attached hydrogens (tertiary/aromatic N) is 2. The summed E-state index contributed by atoms with van der Waals surface area (Å²) >= 11 is 5.94. The zero-order chi connectivity index (χ0) is 26.0. The molecule has 1 N–H and O–H groups in total. The lowest BCUT2D eigenvalue weighted by atomic mass is 10.1. The number of carbonyl (C=O) groups is 2. The molecule has 2 rings (SSSR count). The fourth-order valence-corrected chi connectivity index (χ4v) is 5.00. The summed E-state index contributed by atoms with van der Waals surface area (Å²) in [5.74, 6) is -0.358. The van der Waals surface area contributed by atoms with Gasteiger partial charge in [-0.25, -0.2) is 8.42 Å². The van der Waals surface area contributed by atoms with Gasteiger partial charge in [0.25, 0.3) is 0 Å². The normalized spacial score (nSPS) is 12.1. The molecule has 0 saturated heterocycles. The summed E-state index contributed by atoms with van der Waals surface area (Å²) in [6, 6.07) is 13.8. The van der Waals surface area contributed by atoms with E-state index in [1.165, 1.54) is 4.31 Å². The zero-order valence-corrected chi connectivity index (χ0v) is 22.5. The van der Waals surface area contributed by atoms with E-state index in [9.17, 15) is 18.0 Å². The van der Waals surface area contributed by atoms with Crippen LogP contribution in [0.25, 0.3) is 0 Å². The minimum Gasteiger partial charge on any atom is -0.354 e. The predicted molar refractivity (Wildman–Crippen MR) is 142 cm³/mol. The van der Waals surface area contributed by atoms with Crippen LogP contribution in [0, 0.1) is 6.92 Å². The van der Waals surface area contributed by atoms with Gasteiger partial charge in [0.05, 0.1) is 11.9 Å². The van der Waals surface area contributed by atoms with Crippen LogP contribution in [0.3, 0.4) is 0 Å². The predicted octanol–water partition coefficient (Wildman–Crippen LogP) is 4.53. The maximum absolute atomic E-state index is 13.4. The SMILES string of the molecule is CCCNC(=O)C(CC)N(Cc1cccc(C)c1)C(=O)CCCN(c1ccc(Cl)cc1)S(C)(=O)=O. The third-order valence-electron chi connectivity index (χ3n) is 5.64. The van der Waals surface area contributed by atoms with E-state index in [0.29, 0.717) is 36.6 Å². The molecular weight excluding hydrogens is 486 g/mol. The maximum atomic E-state index is 13.4. The molecule has 0 saturated carbocycles. The first-order chi connectivity index (χ1) is 16.6. The molecule has 0 aliphatic heterocycles. The van der Waals surface area contributed by atoms with E-state index >= 15 is 0 Å². The van der Waals surface area contributed by atoms with Gasteiger partial charge in [-0.15, -0.1) is 0 Å². The van der Waals surface area contributed by atoms with Crippen LogP contribution >= 0.6 is 11.6 Å². The van der Waals surface area contributed by atoms with Crippen LogP contribution in [0.15, 0.2) is 48.5 Å². The molecular formula is C26H36ClN3O4S. The quantitative estimate of drug-likeness (QED) is 0.419. The van der Waals surface area contributed by atoms with E-state index in [4.69, 9.17) is 11.6 Å². The molecule has 0 spiro atoms. The number of halogens is 1. The fraction of sp³-hybridized carbons (Fsp3) is 0.462. The summed E-state index contributed by atoms with van der Waals surface area (Å²) in [7, 11) is -3.55. The first-order valence-corrected chi connectivity index (χ1v) is 14.2. The number of rotatable bonds is 13. The maximum Gasteiger partial charge on any atom is 0.242 e. The monoisotopic (exact) mass is 521 g/mol. The molecule has 0 aliphatic rings. The molecule has 35 heavy (non-hydrogen) atoms. The van der Waals surface area contributed by atoms with Gasteiger partial charge in [0.15, 0.2) is 0 Å². The van der Waals surface area contributed by atoms with Gasteiger partial charge < -0.3 is 10.2 Å². The number of nitrogens with one attached hydrogen (secondary N) is 1. The van der Waals surface area contributed by atoms with E-state index in [0.717, 1.165) is 23.8 Å². The molecule has 0 heterocycles. The van der Waals surface area contributed by atoms with Crippen molar-refractivity contribution >= 4 is 39.1 Å². The summed E-state index contributed by atoms with van der Waals surface area (Å²) in [4.78, 5) is 27.9. The van der Waals surface area contributed by atoms with Crippen molar-refractivity contribution in [3.8, 4) is 0 Å². The minimum atomic E-state index is -3.55. The molecule has 2 aromatic rings. The Hall–Kier alpha value is -2.58. The summed E-state index contributed by atoms with van der Waals surface area (Å²) in [5, 5.41) is 3.42. The van der Waals surface area contributed by atoms with Crippen molar-refractivity contribution in [2.24, 2.45) is 0 Å². The lowest BCUT2D eigenvalue weighted by Crippen LogP contribution is -2.49. The second-order valence-electron chi connectivity index (χ2n) is 8.64. The number of carbonyl (C=O) groups excluding carboxylic acids is 2. The van der Waals surface area contributed by atoms with Gasteiger partial charge >= 0.3 is 0 Å². The molecule has 1 unspecified atom stereocenters.